The summed E-state index contributed by atoms with van der Waals surface area (Å²) in [6.07, 6.45) is 5.22. The highest BCUT2D eigenvalue weighted by Gasteiger charge is 2.33. The summed E-state index contributed by atoms with van der Waals surface area (Å²) >= 11 is 1.52. The number of anilines is 1. The predicted octanol–water partition coefficient (Wildman–Crippen LogP) is 4.40. The number of benzene rings is 1. The third-order valence-corrected chi connectivity index (χ3v) is 5.40. The molecule has 0 spiro atoms. The molecule has 5 heteroatoms. The number of amidine groups is 1. The van der Waals surface area contributed by atoms with Gasteiger partial charge in [0.15, 0.2) is 5.17 Å². The van der Waals surface area contributed by atoms with Crippen LogP contribution in [-0.4, -0.2) is 29.1 Å². The Balaban J connectivity index is 1.76. The summed E-state index contributed by atoms with van der Waals surface area (Å²) in [6.45, 7) is 6.17. The zero-order valence-electron chi connectivity index (χ0n) is 14.5. The zero-order valence-corrected chi connectivity index (χ0v) is 15.3. The Morgan fingerprint density at radius 2 is 1.96 bits per heavy atom. The SMILES string of the molecule is CCCC1=C(C(=O)Nc2ccc(CCC)cc2)SC2=NCCCN21. The number of hydrogen-bond acceptors (Lipinski definition) is 4. The highest BCUT2D eigenvalue weighted by atomic mass is 32.2. The van der Waals surface area contributed by atoms with Crippen LogP contribution in [0, 0.1) is 0 Å². The van der Waals surface area contributed by atoms with Crippen molar-refractivity contribution in [2.75, 3.05) is 18.4 Å². The molecule has 0 saturated heterocycles. The molecule has 0 aliphatic carbocycles. The zero-order chi connectivity index (χ0) is 16.9. The molecule has 0 bridgehead atoms. The first-order valence-corrected chi connectivity index (χ1v) is 9.67. The lowest BCUT2D eigenvalue weighted by Gasteiger charge is -2.25. The van der Waals surface area contributed by atoms with E-state index in [-0.39, 0.29) is 5.91 Å². The van der Waals surface area contributed by atoms with E-state index in [2.05, 4.69) is 41.2 Å². The number of allylic oxidation sites excluding steroid dienone is 1. The van der Waals surface area contributed by atoms with Crippen LogP contribution < -0.4 is 5.32 Å². The smallest absolute Gasteiger partial charge is 0.264 e. The normalized spacial score (nSPS) is 16.9. The van der Waals surface area contributed by atoms with Crippen LogP contribution >= 0.6 is 11.8 Å². The maximum atomic E-state index is 12.8. The average molecular weight is 343 g/mol. The number of amides is 1. The Kier molecular flexibility index (Phi) is 5.61. The standard InChI is InChI=1S/C19H25N3OS/c1-3-6-14-8-10-15(11-9-14)21-18(23)17-16(7-4-2)22-13-5-12-20-19(22)24-17/h8-11H,3-7,12-13H2,1-2H3,(H,21,23). The molecular formula is C19H25N3OS. The lowest BCUT2D eigenvalue weighted by atomic mass is 10.1. The Morgan fingerprint density at radius 1 is 1.21 bits per heavy atom. The monoisotopic (exact) mass is 343 g/mol. The maximum Gasteiger partial charge on any atom is 0.264 e. The second-order valence-electron chi connectivity index (χ2n) is 6.20. The number of hydrogen-bond donors (Lipinski definition) is 1. The molecule has 0 saturated carbocycles. The topological polar surface area (TPSA) is 44.7 Å². The Morgan fingerprint density at radius 3 is 2.67 bits per heavy atom. The molecular weight excluding hydrogens is 318 g/mol. The Bertz CT molecular complexity index is 664. The third kappa shape index (κ3) is 3.66. The minimum absolute atomic E-state index is 0.0104. The fraction of sp³-hybridized carbons (Fsp3) is 0.474. The van der Waals surface area contributed by atoms with E-state index in [4.69, 9.17) is 0 Å². The molecule has 2 aliphatic rings. The molecule has 2 heterocycles. The Labute approximate surface area is 148 Å². The fourth-order valence-corrected chi connectivity index (χ4v) is 4.21. The molecule has 3 rings (SSSR count). The summed E-state index contributed by atoms with van der Waals surface area (Å²) in [6, 6.07) is 8.17. The predicted molar refractivity (Wildman–Crippen MR) is 102 cm³/mol. The molecule has 1 N–H and O–H groups in total. The van der Waals surface area contributed by atoms with Gasteiger partial charge in [0.2, 0.25) is 0 Å². The first kappa shape index (κ1) is 17.1. The van der Waals surface area contributed by atoms with Gasteiger partial charge in [0.05, 0.1) is 4.91 Å². The number of nitrogens with zero attached hydrogens (tertiary/aromatic N) is 2. The van der Waals surface area contributed by atoms with E-state index in [9.17, 15) is 4.79 Å². The van der Waals surface area contributed by atoms with Gasteiger partial charge >= 0.3 is 0 Å². The van der Waals surface area contributed by atoms with Gasteiger partial charge in [0.1, 0.15) is 0 Å². The third-order valence-electron chi connectivity index (χ3n) is 4.24. The van der Waals surface area contributed by atoms with Gasteiger partial charge in [0, 0.05) is 24.5 Å². The highest BCUT2D eigenvalue weighted by molar-refractivity contribution is 8.18. The first-order valence-electron chi connectivity index (χ1n) is 8.86. The average Bonchev–Trinajstić information content (AvgIpc) is 2.96. The van der Waals surface area contributed by atoms with E-state index in [1.807, 2.05) is 12.1 Å². The van der Waals surface area contributed by atoms with Gasteiger partial charge in [0.25, 0.3) is 5.91 Å². The van der Waals surface area contributed by atoms with Crippen LogP contribution in [0.25, 0.3) is 0 Å². The van der Waals surface area contributed by atoms with Crippen molar-refractivity contribution in [1.29, 1.82) is 0 Å². The molecule has 1 aromatic carbocycles. The second-order valence-corrected chi connectivity index (χ2v) is 7.18. The largest absolute Gasteiger partial charge is 0.323 e. The minimum atomic E-state index is -0.0104. The number of nitrogens with one attached hydrogen (secondary N) is 1. The lowest BCUT2D eigenvalue weighted by molar-refractivity contribution is -0.112. The van der Waals surface area contributed by atoms with Crippen LogP contribution in [0.1, 0.15) is 45.1 Å². The summed E-state index contributed by atoms with van der Waals surface area (Å²) in [4.78, 5) is 20.4. The molecule has 24 heavy (non-hydrogen) atoms. The van der Waals surface area contributed by atoms with Gasteiger partial charge in [-0.25, -0.2) is 0 Å². The molecule has 1 aromatic rings. The van der Waals surface area contributed by atoms with Crippen molar-refractivity contribution >= 4 is 28.5 Å². The van der Waals surface area contributed by atoms with Crippen LogP contribution in [0.15, 0.2) is 39.9 Å². The summed E-state index contributed by atoms with van der Waals surface area (Å²) < 4.78 is 0. The first-order chi connectivity index (χ1) is 11.7. The second kappa shape index (κ2) is 7.88. The quantitative estimate of drug-likeness (QED) is 0.833. The van der Waals surface area contributed by atoms with Gasteiger partial charge in [-0.1, -0.05) is 38.8 Å². The van der Waals surface area contributed by atoms with Crippen molar-refractivity contribution in [3.8, 4) is 0 Å². The number of aliphatic imine (C=N–C) groups is 1. The van der Waals surface area contributed by atoms with E-state index < -0.39 is 0 Å². The molecule has 0 radical (unpaired) electrons. The van der Waals surface area contributed by atoms with Crippen LogP contribution in [0.4, 0.5) is 5.69 Å². The van der Waals surface area contributed by atoms with Crippen LogP contribution in [0.3, 0.4) is 0 Å². The van der Waals surface area contributed by atoms with Crippen molar-refractivity contribution in [3.63, 3.8) is 0 Å². The number of thioether (sulfide) groups is 1. The molecule has 128 valence electrons. The lowest BCUT2D eigenvalue weighted by Crippen LogP contribution is -2.29. The molecule has 1 amide bonds. The highest BCUT2D eigenvalue weighted by Crippen LogP contribution is 2.38. The number of aryl methyl sites for hydroxylation is 1. The van der Waals surface area contributed by atoms with E-state index in [1.54, 1.807) is 0 Å². The summed E-state index contributed by atoms with van der Waals surface area (Å²) in [5, 5.41) is 4.05. The van der Waals surface area contributed by atoms with E-state index in [0.29, 0.717) is 0 Å². The van der Waals surface area contributed by atoms with Crippen molar-refractivity contribution in [2.45, 2.75) is 46.0 Å². The van der Waals surface area contributed by atoms with Gasteiger partial charge in [-0.05, 0) is 48.7 Å². The number of carbonyl (C=O) groups excluding carboxylic acids is 1. The van der Waals surface area contributed by atoms with Crippen LogP contribution in [-0.2, 0) is 11.2 Å². The van der Waals surface area contributed by atoms with Crippen molar-refractivity contribution in [3.05, 3.63) is 40.4 Å². The molecule has 0 fully saturated rings. The number of rotatable bonds is 6. The molecule has 4 nitrogen and oxygen atoms in total. The van der Waals surface area contributed by atoms with Crippen molar-refractivity contribution < 1.29 is 4.79 Å². The van der Waals surface area contributed by atoms with Gasteiger partial charge in [-0.3, -0.25) is 9.79 Å². The fourth-order valence-electron chi connectivity index (χ4n) is 3.09. The van der Waals surface area contributed by atoms with E-state index >= 15 is 0 Å². The van der Waals surface area contributed by atoms with E-state index in [0.717, 1.165) is 66.7 Å². The Hall–Kier alpha value is -1.75. The summed E-state index contributed by atoms with van der Waals surface area (Å²) in [5.74, 6) is -0.0104. The molecule has 0 aromatic heterocycles. The summed E-state index contributed by atoms with van der Waals surface area (Å²) in [5.41, 5.74) is 3.31. The maximum absolute atomic E-state index is 12.8. The number of carbonyl (C=O) groups is 1. The molecule has 2 aliphatic heterocycles. The minimum Gasteiger partial charge on any atom is -0.323 e. The summed E-state index contributed by atoms with van der Waals surface area (Å²) in [7, 11) is 0. The molecule has 0 atom stereocenters. The molecule has 0 unspecified atom stereocenters. The van der Waals surface area contributed by atoms with Crippen LogP contribution in [0.2, 0.25) is 0 Å². The van der Waals surface area contributed by atoms with Gasteiger partial charge in [-0.2, -0.15) is 0 Å². The van der Waals surface area contributed by atoms with Gasteiger partial charge in [-0.15, -0.1) is 0 Å². The van der Waals surface area contributed by atoms with E-state index in [1.165, 1.54) is 17.3 Å². The van der Waals surface area contributed by atoms with Crippen molar-refractivity contribution in [1.82, 2.24) is 4.90 Å². The number of fused-ring (bicyclic) bond motifs is 1. The van der Waals surface area contributed by atoms with Crippen molar-refractivity contribution in [2.24, 2.45) is 4.99 Å². The van der Waals surface area contributed by atoms with Crippen LogP contribution in [0.5, 0.6) is 0 Å². The van der Waals surface area contributed by atoms with Gasteiger partial charge < -0.3 is 10.2 Å².